The van der Waals surface area contributed by atoms with Crippen molar-refractivity contribution in [3.8, 4) is 0 Å². The topological polar surface area (TPSA) is 37.3 Å². The Morgan fingerprint density at radius 1 is 1.86 bits per heavy atom. The Hall–Kier alpha value is 0.888. The SMILES string of the molecule is O=C([CH-]O)SS.[Mo]. The standard InChI is InChI=1S/C2H3O2S2.Mo/c3-1-2(4)6-5;/h1,3,5H;/q-1;. The van der Waals surface area contributed by atoms with Crippen molar-refractivity contribution >= 4 is 27.6 Å². The molecule has 0 atom stereocenters. The number of aliphatic hydroxyl groups is 1. The van der Waals surface area contributed by atoms with Crippen LogP contribution in [-0.2, 0) is 25.9 Å². The van der Waals surface area contributed by atoms with Crippen LogP contribution >= 0.6 is 22.5 Å². The third-order valence-electron chi connectivity index (χ3n) is 0.195. The Kier molecular flexibility index (Phi) is 10.6. The molecule has 0 unspecified atom stereocenters. The maximum atomic E-state index is 9.76. The quantitative estimate of drug-likeness (QED) is 0.294. The van der Waals surface area contributed by atoms with Gasteiger partial charge >= 0.3 is 0 Å². The van der Waals surface area contributed by atoms with Gasteiger partial charge in [-0.05, 0) is 0 Å². The van der Waals surface area contributed by atoms with Gasteiger partial charge in [-0.25, -0.2) is 6.61 Å². The van der Waals surface area contributed by atoms with E-state index in [-0.39, 0.29) is 21.1 Å². The summed E-state index contributed by atoms with van der Waals surface area (Å²) in [7, 11) is 0.675. The zero-order chi connectivity index (χ0) is 4.99. The molecule has 0 aliphatic carbocycles. The summed E-state index contributed by atoms with van der Waals surface area (Å²) in [6.45, 7) is 0.470. The van der Waals surface area contributed by atoms with Crippen LogP contribution in [0.1, 0.15) is 0 Å². The van der Waals surface area contributed by atoms with Crippen LogP contribution in [0.4, 0.5) is 0 Å². The predicted molar refractivity (Wildman–Crippen MR) is 27.8 cm³/mol. The molecule has 2 nitrogen and oxygen atoms in total. The molecule has 0 aliphatic heterocycles. The minimum absolute atomic E-state index is 0. The summed E-state index contributed by atoms with van der Waals surface area (Å²) in [6.07, 6.45) is 0. The minimum Gasteiger partial charge on any atom is -0.539 e. The first-order valence-electron chi connectivity index (χ1n) is 1.14. The second kappa shape index (κ2) is 6.89. The van der Waals surface area contributed by atoms with E-state index in [4.69, 9.17) is 5.11 Å². The molecule has 0 saturated heterocycles. The second-order valence-corrected chi connectivity index (χ2v) is 1.67. The van der Waals surface area contributed by atoms with Crippen molar-refractivity contribution in [1.29, 1.82) is 0 Å². The molecule has 7 heavy (non-hydrogen) atoms. The molecule has 0 aromatic carbocycles. The van der Waals surface area contributed by atoms with Crippen molar-refractivity contribution in [2.45, 2.75) is 0 Å². The Balaban J connectivity index is 0. The third-order valence-corrected chi connectivity index (χ3v) is 1.02. The summed E-state index contributed by atoms with van der Waals surface area (Å²) < 4.78 is 0. The van der Waals surface area contributed by atoms with E-state index in [0.29, 0.717) is 17.4 Å². The van der Waals surface area contributed by atoms with E-state index < -0.39 is 5.12 Å². The van der Waals surface area contributed by atoms with Gasteiger partial charge in [0.25, 0.3) is 0 Å². The first-order chi connectivity index (χ1) is 2.81. The molecule has 0 radical (unpaired) electrons. The third kappa shape index (κ3) is 6.89. The normalized spacial score (nSPS) is 6.57. The first kappa shape index (κ1) is 10.8. The molecular formula is C2H3MoO2S2-. The molecule has 0 heterocycles. The van der Waals surface area contributed by atoms with Crippen molar-refractivity contribution in [3.05, 3.63) is 6.61 Å². The van der Waals surface area contributed by atoms with E-state index in [1.165, 1.54) is 0 Å². The Morgan fingerprint density at radius 3 is 2.29 bits per heavy atom. The van der Waals surface area contributed by atoms with Gasteiger partial charge in [-0.15, -0.1) is 11.7 Å². The zero-order valence-electron chi connectivity index (χ0n) is 3.20. The molecule has 0 amide bonds. The van der Waals surface area contributed by atoms with Crippen LogP contribution in [0.15, 0.2) is 0 Å². The van der Waals surface area contributed by atoms with Crippen molar-refractivity contribution in [2.24, 2.45) is 0 Å². The molecule has 42 valence electrons. The smallest absolute Gasteiger partial charge is 0.0883 e. The van der Waals surface area contributed by atoms with Crippen molar-refractivity contribution in [2.75, 3.05) is 0 Å². The number of carbonyl (C=O) groups is 1. The van der Waals surface area contributed by atoms with Crippen LogP contribution in [0, 0.1) is 6.61 Å². The molecule has 0 aromatic rings. The number of carbonyl (C=O) groups excluding carboxylic acids is 1. The summed E-state index contributed by atoms with van der Waals surface area (Å²) in [5, 5.41) is 7.34. The van der Waals surface area contributed by atoms with Crippen LogP contribution in [-0.4, -0.2) is 10.2 Å². The number of thiol groups is 1. The van der Waals surface area contributed by atoms with Gasteiger partial charge in [-0.3, -0.25) is 0 Å². The number of hydrogen-bond acceptors (Lipinski definition) is 4. The summed E-state index contributed by atoms with van der Waals surface area (Å²) in [6, 6.07) is 0. The van der Waals surface area contributed by atoms with Gasteiger partial charge in [0, 0.05) is 21.1 Å². The fourth-order valence-electron chi connectivity index (χ4n) is 0.0236. The maximum absolute atomic E-state index is 9.76. The predicted octanol–water partition coefficient (Wildman–Crippen LogP) is 0.623. The molecule has 0 bridgehead atoms. The number of aliphatic hydroxyl groups excluding tert-OH is 1. The van der Waals surface area contributed by atoms with E-state index >= 15 is 0 Å². The van der Waals surface area contributed by atoms with Gasteiger partial charge in [0.2, 0.25) is 0 Å². The van der Waals surface area contributed by atoms with Crippen LogP contribution in [0.25, 0.3) is 0 Å². The van der Waals surface area contributed by atoms with Crippen LogP contribution in [0.2, 0.25) is 0 Å². The molecular weight excluding hydrogens is 216 g/mol. The van der Waals surface area contributed by atoms with Crippen LogP contribution in [0.3, 0.4) is 0 Å². The average Bonchev–Trinajstić information content (AvgIpc) is 1.65. The van der Waals surface area contributed by atoms with Gasteiger partial charge in [0.15, 0.2) is 0 Å². The molecule has 0 aromatic heterocycles. The monoisotopic (exact) mass is 221 g/mol. The molecule has 0 fully saturated rings. The number of hydrogen-bond donors (Lipinski definition) is 2. The maximum Gasteiger partial charge on any atom is 0.0883 e. The second-order valence-electron chi connectivity index (χ2n) is 0.539. The van der Waals surface area contributed by atoms with Gasteiger partial charge < -0.3 is 9.90 Å². The Morgan fingerprint density at radius 2 is 2.29 bits per heavy atom. The van der Waals surface area contributed by atoms with E-state index in [2.05, 4.69) is 11.7 Å². The average molecular weight is 219 g/mol. The van der Waals surface area contributed by atoms with E-state index in [9.17, 15) is 4.79 Å². The van der Waals surface area contributed by atoms with Crippen molar-refractivity contribution < 1.29 is 31.0 Å². The minimum atomic E-state index is -0.446. The molecule has 0 rings (SSSR count). The zero-order valence-corrected chi connectivity index (χ0v) is 6.91. The van der Waals surface area contributed by atoms with E-state index in [1.807, 2.05) is 0 Å². The van der Waals surface area contributed by atoms with Crippen molar-refractivity contribution in [1.82, 2.24) is 0 Å². The summed E-state index contributed by atoms with van der Waals surface area (Å²) in [5.41, 5.74) is 0. The summed E-state index contributed by atoms with van der Waals surface area (Å²) in [5.74, 6) is 0. The van der Waals surface area contributed by atoms with Crippen molar-refractivity contribution in [3.63, 3.8) is 0 Å². The fraction of sp³-hybridized carbons (Fsp3) is 0. The molecule has 0 saturated carbocycles. The summed E-state index contributed by atoms with van der Waals surface area (Å²) in [4.78, 5) is 9.76. The van der Waals surface area contributed by atoms with Gasteiger partial charge in [0.1, 0.15) is 0 Å². The Labute approximate surface area is 65.1 Å². The van der Waals surface area contributed by atoms with E-state index in [0.717, 1.165) is 0 Å². The molecule has 1 N–H and O–H groups in total. The van der Waals surface area contributed by atoms with E-state index in [1.54, 1.807) is 0 Å². The molecule has 5 heteroatoms. The fourth-order valence-corrected chi connectivity index (χ4v) is 0.212. The first-order valence-corrected chi connectivity index (χ1v) is 3.01. The van der Waals surface area contributed by atoms with Gasteiger partial charge in [0.05, 0.1) is 5.12 Å². The molecule has 0 aliphatic rings. The molecule has 0 spiro atoms. The van der Waals surface area contributed by atoms with Gasteiger partial charge in [-0.1, -0.05) is 10.8 Å². The van der Waals surface area contributed by atoms with Gasteiger partial charge in [-0.2, -0.15) is 0 Å². The Bertz CT molecular complexity index is 51.7. The van der Waals surface area contributed by atoms with Crippen LogP contribution < -0.4 is 0 Å². The summed E-state index contributed by atoms with van der Waals surface area (Å²) >= 11 is 3.47. The number of rotatable bonds is 1. The van der Waals surface area contributed by atoms with Crippen LogP contribution in [0.5, 0.6) is 0 Å². The largest absolute Gasteiger partial charge is 0.539 e.